The van der Waals surface area contributed by atoms with Crippen LogP contribution in [0.4, 0.5) is 0 Å². The zero-order valence-corrected chi connectivity index (χ0v) is 15.5. The number of nitrogens with one attached hydrogen (secondary N) is 2. The minimum Gasteiger partial charge on any atom is -0.378 e. The highest BCUT2D eigenvalue weighted by Gasteiger charge is 2.25. The number of hydrogen-bond acceptors (Lipinski definition) is 3. The lowest BCUT2D eigenvalue weighted by atomic mass is 9.98. The van der Waals surface area contributed by atoms with Gasteiger partial charge in [-0.2, -0.15) is 0 Å². The van der Waals surface area contributed by atoms with Gasteiger partial charge < -0.3 is 20.1 Å². The summed E-state index contributed by atoms with van der Waals surface area (Å²) < 4.78 is 11.3. The van der Waals surface area contributed by atoms with Gasteiger partial charge in [-0.05, 0) is 44.9 Å². The highest BCUT2D eigenvalue weighted by Crippen LogP contribution is 2.30. The van der Waals surface area contributed by atoms with Gasteiger partial charge in [-0.3, -0.25) is 4.99 Å². The molecule has 0 spiro atoms. The molecule has 0 aromatic carbocycles. The van der Waals surface area contributed by atoms with E-state index in [4.69, 9.17) is 9.47 Å². The predicted octanol–water partition coefficient (Wildman–Crippen LogP) is 2.87. The first-order valence-corrected chi connectivity index (χ1v) is 9.65. The molecule has 1 unspecified atom stereocenters. The lowest BCUT2D eigenvalue weighted by Crippen LogP contribution is -2.40. The van der Waals surface area contributed by atoms with Crippen molar-refractivity contribution in [3.63, 3.8) is 0 Å². The molecular weight excluding hydrogens is 302 g/mol. The Morgan fingerprint density at radius 2 is 2.12 bits per heavy atom. The molecule has 0 amide bonds. The number of aliphatic imine (C=N–C) groups is 1. The Balaban J connectivity index is 1.63. The van der Waals surface area contributed by atoms with Crippen LogP contribution in [0.25, 0.3) is 0 Å². The summed E-state index contributed by atoms with van der Waals surface area (Å²) in [4.78, 5) is 4.32. The second-order valence-corrected chi connectivity index (χ2v) is 6.69. The lowest BCUT2D eigenvalue weighted by molar-refractivity contribution is 0.0169. The molecule has 1 heterocycles. The zero-order valence-electron chi connectivity index (χ0n) is 15.5. The lowest BCUT2D eigenvalue weighted by Gasteiger charge is -2.24. The molecule has 2 rings (SSSR count). The standard InChI is InChI=1S/C19H35N3O2/c1-3-24-18(17-6-4-5-7-17)9-13-22-19(20-2)21-12-8-16-10-14-23-15-11-16/h10,17-18H,3-9,11-15H2,1-2H3,(H2,20,21,22). The average molecular weight is 338 g/mol. The molecule has 0 saturated heterocycles. The molecule has 0 aromatic heterocycles. The van der Waals surface area contributed by atoms with Crippen molar-refractivity contribution >= 4 is 5.96 Å². The fraction of sp³-hybridized carbons (Fsp3) is 0.842. The third-order valence-electron chi connectivity index (χ3n) is 5.05. The van der Waals surface area contributed by atoms with E-state index in [1.54, 1.807) is 0 Å². The molecule has 2 aliphatic rings. The van der Waals surface area contributed by atoms with Crippen molar-refractivity contribution in [2.75, 3.05) is 40.0 Å². The van der Waals surface area contributed by atoms with Crippen LogP contribution in [0.2, 0.25) is 0 Å². The molecule has 0 aromatic rings. The van der Waals surface area contributed by atoms with Gasteiger partial charge >= 0.3 is 0 Å². The molecule has 1 saturated carbocycles. The van der Waals surface area contributed by atoms with E-state index in [2.05, 4.69) is 28.6 Å². The summed E-state index contributed by atoms with van der Waals surface area (Å²) in [6, 6.07) is 0. The smallest absolute Gasteiger partial charge is 0.190 e. The van der Waals surface area contributed by atoms with Crippen LogP contribution in [-0.2, 0) is 9.47 Å². The second-order valence-electron chi connectivity index (χ2n) is 6.69. The molecule has 0 bridgehead atoms. The summed E-state index contributed by atoms with van der Waals surface area (Å²) in [6.07, 6.45) is 11.2. The van der Waals surface area contributed by atoms with E-state index in [9.17, 15) is 0 Å². The van der Waals surface area contributed by atoms with Crippen LogP contribution >= 0.6 is 0 Å². The molecule has 1 fully saturated rings. The van der Waals surface area contributed by atoms with E-state index in [1.807, 2.05) is 7.05 Å². The van der Waals surface area contributed by atoms with Crippen molar-refractivity contribution in [1.29, 1.82) is 0 Å². The maximum atomic E-state index is 5.98. The summed E-state index contributed by atoms with van der Waals surface area (Å²) in [5.74, 6) is 1.64. The predicted molar refractivity (Wildman–Crippen MR) is 99.5 cm³/mol. The van der Waals surface area contributed by atoms with Crippen LogP contribution in [0.3, 0.4) is 0 Å². The van der Waals surface area contributed by atoms with Crippen LogP contribution in [0.1, 0.15) is 51.9 Å². The Morgan fingerprint density at radius 1 is 1.33 bits per heavy atom. The molecule has 2 N–H and O–H groups in total. The van der Waals surface area contributed by atoms with Crippen LogP contribution in [0.5, 0.6) is 0 Å². The van der Waals surface area contributed by atoms with Gasteiger partial charge in [-0.1, -0.05) is 24.5 Å². The van der Waals surface area contributed by atoms with Gasteiger partial charge in [0.1, 0.15) is 0 Å². The fourth-order valence-electron chi connectivity index (χ4n) is 3.69. The summed E-state index contributed by atoms with van der Waals surface area (Å²) in [5, 5.41) is 6.84. The minimum absolute atomic E-state index is 0.399. The molecule has 1 aliphatic heterocycles. The molecule has 0 radical (unpaired) electrons. The number of rotatable bonds is 9. The first-order chi connectivity index (χ1) is 11.8. The normalized spacial score (nSPS) is 20.8. The zero-order chi connectivity index (χ0) is 17.0. The molecular formula is C19H35N3O2. The van der Waals surface area contributed by atoms with Gasteiger partial charge in [0.2, 0.25) is 0 Å². The second kappa shape index (κ2) is 11.5. The Morgan fingerprint density at radius 3 is 2.79 bits per heavy atom. The Bertz CT molecular complexity index is 403. The summed E-state index contributed by atoms with van der Waals surface area (Å²) >= 11 is 0. The Labute approximate surface area is 147 Å². The van der Waals surface area contributed by atoms with Gasteiger partial charge in [0.15, 0.2) is 5.96 Å². The van der Waals surface area contributed by atoms with E-state index in [1.165, 1.54) is 31.3 Å². The summed E-state index contributed by atoms with van der Waals surface area (Å²) in [6.45, 7) is 6.37. The van der Waals surface area contributed by atoms with Gasteiger partial charge in [0.25, 0.3) is 0 Å². The van der Waals surface area contributed by atoms with Crippen molar-refractivity contribution in [2.24, 2.45) is 10.9 Å². The van der Waals surface area contributed by atoms with E-state index in [-0.39, 0.29) is 0 Å². The fourth-order valence-corrected chi connectivity index (χ4v) is 3.69. The molecule has 24 heavy (non-hydrogen) atoms. The molecule has 5 nitrogen and oxygen atoms in total. The SMILES string of the molecule is CCOC(CCNC(=NC)NCCC1=CCOCC1)C1CCCC1. The van der Waals surface area contributed by atoms with Gasteiger partial charge in [-0.25, -0.2) is 0 Å². The van der Waals surface area contributed by atoms with Gasteiger partial charge in [0.05, 0.1) is 19.3 Å². The summed E-state index contributed by atoms with van der Waals surface area (Å²) in [5.41, 5.74) is 1.49. The topological polar surface area (TPSA) is 54.9 Å². The van der Waals surface area contributed by atoms with Crippen molar-refractivity contribution in [3.05, 3.63) is 11.6 Å². The summed E-state index contributed by atoms with van der Waals surface area (Å²) in [7, 11) is 1.83. The Kier molecular flexibility index (Phi) is 9.21. The maximum absolute atomic E-state index is 5.98. The molecule has 1 aliphatic carbocycles. The van der Waals surface area contributed by atoms with Crippen molar-refractivity contribution in [1.82, 2.24) is 10.6 Å². The van der Waals surface area contributed by atoms with E-state index in [0.717, 1.165) is 64.1 Å². The monoisotopic (exact) mass is 337 g/mol. The van der Waals surface area contributed by atoms with Crippen molar-refractivity contribution in [3.8, 4) is 0 Å². The highest BCUT2D eigenvalue weighted by molar-refractivity contribution is 5.79. The quantitative estimate of drug-likeness (QED) is 0.386. The number of nitrogens with zero attached hydrogens (tertiary/aromatic N) is 1. The van der Waals surface area contributed by atoms with Crippen molar-refractivity contribution in [2.45, 2.75) is 58.0 Å². The number of guanidine groups is 1. The minimum atomic E-state index is 0.399. The van der Waals surface area contributed by atoms with Crippen LogP contribution in [0, 0.1) is 5.92 Å². The first-order valence-electron chi connectivity index (χ1n) is 9.65. The van der Waals surface area contributed by atoms with Crippen LogP contribution in [-0.4, -0.2) is 52.0 Å². The largest absolute Gasteiger partial charge is 0.378 e. The first kappa shape index (κ1) is 19.3. The van der Waals surface area contributed by atoms with Crippen LogP contribution in [0.15, 0.2) is 16.6 Å². The third kappa shape index (κ3) is 6.81. The highest BCUT2D eigenvalue weighted by atomic mass is 16.5. The number of hydrogen-bond donors (Lipinski definition) is 2. The van der Waals surface area contributed by atoms with Crippen molar-refractivity contribution < 1.29 is 9.47 Å². The van der Waals surface area contributed by atoms with E-state index < -0.39 is 0 Å². The van der Waals surface area contributed by atoms with Gasteiger partial charge in [-0.15, -0.1) is 0 Å². The maximum Gasteiger partial charge on any atom is 0.190 e. The Hall–Kier alpha value is -1.07. The molecule has 1 atom stereocenters. The molecule has 138 valence electrons. The average Bonchev–Trinajstić information content (AvgIpc) is 3.15. The third-order valence-corrected chi connectivity index (χ3v) is 5.05. The molecule has 5 heteroatoms. The van der Waals surface area contributed by atoms with E-state index in [0.29, 0.717) is 6.10 Å². The number of ether oxygens (including phenoxy) is 2. The van der Waals surface area contributed by atoms with E-state index >= 15 is 0 Å². The van der Waals surface area contributed by atoms with Crippen LogP contribution < -0.4 is 10.6 Å². The van der Waals surface area contributed by atoms with Gasteiger partial charge in [0, 0.05) is 26.7 Å².